The fraction of sp³-hybridized carbons (Fsp3) is 0.929. The lowest BCUT2D eigenvalue weighted by atomic mass is 9.91. The molecule has 0 aromatic heterocycles. The summed E-state index contributed by atoms with van der Waals surface area (Å²) in [5, 5.41) is 6.63. The van der Waals surface area contributed by atoms with Gasteiger partial charge in [0, 0.05) is 25.2 Å². The number of piperidine rings is 1. The summed E-state index contributed by atoms with van der Waals surface area (Å²) in [6.07, 6.45) is 4.98. The number of hydrogen-bond donors (Lipinski definition) is 2. The molecule has 3 atom stereocenters. The number of nitrogens with one attached hydrogen (secondary N) is 2. The SMILES string of the molecule is CC(CNC1CC1)CN1CCCC2C(=O)NCC21. The number of hydrogen-bond acceptors (Lipinski definition) is 3. The molecular formula is C14H25N3O. The molecule has 4 nitrogen and oxygen atoms in total. The van der Waals surface area contributed by atoms with Crippen LogP contribution in [0.2, 0.25) is 0 Å². The van der Waals surface area contributed by atoms with Gasteiger partial charge in [0.15, 0.2) is 0 Å². The summed E-state index contributed by atoms with van der Waals surface area (Å²) in [5.74, 6) is 1.23. The molecule has 0 aromatic carbocycles. The van der Waals surface area contributed by atoms with Crippen LogP contribution in [0.5, 0.6) is 0 Å². The van der Waals surface area contributed by atoms with Crippen LogP contribution in [-0.4, -0.2) is 49.1 Å². The third-order valence-electron chi connectivity index (χ3n) is 4.59. The third-order valence-corrected chi connectivity index (χ3v) is 4.59. The van der Waals surface area contributed by atoms with Crippen LogP contribution in [0.15, 0.2) is 0 Å². The molecule has 2 saturated heterocycles. The Bertz CT molecular complexity index is 316. The first-order valence-electron chi connectivity index (χ1n) is 7.49. The number of nitrogens with zero attached hydrogens (tertiary/aromatic N) is 1. The van der Waals surface area contributed by atoms with Crippen LogP contribution >= 0.6 is 0 Å². The Labute approximate surface area is 109 Å². The number of carbonyl (C=O) groups is 1. The Kier molecular flexibility index (Phi) is 3.57. The zero-order chi connectivity index (χ0) is 12.5. The van der Waals surface area contributed by atoms with E-state index in [1.165, 1.54) is 25.8 Å². The van der Waals surface area contributed by atoms with Crippen LogP contribution in [0.3, 0.4) is 0 Å². The van der Waals surface area contributed by atoms with Gasteiger partial charge >= 0.3 is 0 Å². The van der Waals surface area contributed by atoms with E-state index in [1.54, 1.807) is 0 Å². The van der Waals surface area contributed by atoms with Gasteiger partial charge in [0.2, 0.25) is 5.91 Å². The normalized spacial score (nSPS) is 34.2. The zero-order valence-corrected chi connectivity index (χ0v) is 11.3. The molecule has 1 amide bonds. The quantitative estimate of drug-likeness (QED) is 0.751. The number of carbonyl (C=O) groups excluding carboxylic acids is 1. The molecule has 3 aliphatic rings. The molecule has 1 saturated carbocycles. The van der Waals surface area contributed by atoms with E-state index in [2.05, 4.69) is 22.5 Å². The van der Waals surface area contributed by atoms with Crippen molar-refractivity contribution in [2.24, 2.45) is 11.8 Å². The predicted molar refractivity (Wildman–Crippen MR) is 71.3 cm³/mol. The van der Waals surface area contributed by atoms with Crippen LogP contribution in [0.4, 0.5) is 0 Å². The van der Waals surface area contributed by atoms with Crippen molar-refractivity contribution in [1.29, 1.82) is 0 Å². The van der Waals surface area contributed by atoms with Gasteiger partial charge < -0.3 is 10.6 Å². The maximum Gasteiger partial charge on any atom is 0.224 e. The summed E-state index contributed by atoms with van der Waals surface area (Å²) in [7, 11) is 0. The van der Waals surface area contributed by atoms with Crippen molar-refractivity contribution >= 4 is 5.91 Å². The Hall–Kier alpha value is -0.610. The molecule has 4 heteroatoms. The highest BCUT2D eigenvalue weighted by Gasteiger charge is 2.40. The molecule has 0 spiro atoms. The molecule has 3 fully saturated rings. The van der Waals surface area contributed by atoms with Gasteiger partial charge in [0.1, 0.15) is 0 Å². The summed E-state index contributed by atoms with van der Waals surface area (Å²) in [5.41, 5.74) is 0. The second-order valence-electron chi connectivity index (χ2n) is 6.34. The summed E-state index contributed by atoms with van der Waals surface area (Å²) >= 11 is 0. The van der Waals surface area contributed by atoms with Crippen molar-refractivity contribution in [3.8, 4) is 0 Å². The maximum absolute atomic E-state index is 11.7. The van der Waals surface area contributed by atoms with Crippen LogP contribution in [-0.2, 0) is 4.79 Å². The smallest absolute Gasteiger partial charge is 0.224 e. The second kappa shape index (κ2) is 5.17. The average Bonchev–Trinajstić information content (AvgIpc) is 3.12. The standard InChI is InChI=1S/C14H25N3O/c1-10(7-15-11-4-5-11)9-17-6-2-3-12-13(17)8-16-14(12)18/h10-13,15H,2-9H2,1H3,(H,16,18). The molecule has 102 valence electrons. The summed E-state index contributed by atoms with van der Waals surface area (Å²) in [6, 6.07) is 1.27. The molecule has 18 heavy (non-hydrogen) atoms. The topological polar surface area (TPSA) is 44.4 Å². The largest absolute Gasteiger partial charge is 0.354 e. The summed E-state index contributed by atoms with van der Waals surface area (Å²) in [6.45, 7) is 6.62. The van der Waals surface area contributed by atoms with Crippen LogP contribution in [0, 0.1) is 11.8 Å². The maximum atomic E-state index is 11.7. The van der Waals surface area contributed by atoms with Crippen molar-refractivity contribution in [3.63, 3.8) is 0 Å². The zero-order valence-electron chi connectivity index (χ0n) is 11.3. The first-order valence-corrected chi connectivity index (χ1v) is 7.49. The van der Waals surface area contributed by atoms with E-state index >= 15 is 0 Å². The van der Waals surface area contributed by atoms with Crippen LogP contribution < -0.4 is 10.6 Å². The van der Waals surface area contributed by atoms with Gasteiger partial charge in [-0.2, -0.15) is 0 Å². The monoisotopic (exact) mass is 251 g/mol. The van der Waals surface area contributed by atoms with E-state index in [4.69, 9.17) is 0 Å². The highest BCUT2D eigenvalue weighted by atomic mass is 16.2. The van der Waals surface area contributed by atoms with Crippen molar-refractivity contribution in [2.45, 2.75) is 44.7 Å². The molecule has 0 aromatic rings. The Morgan fingerprint density at radius 2 is 2.28 bits per heavy atom. The molecule has 0 bridgehead atoms. The van der Waals surface area contributed by atoms with E-state index in [1.807, 2.05) is 0 Å². The molecule has 3 unspecified atom stereocenters. The molecule has 2 N–H and O–H groups in total. The van der Waals surface area contributed by atoms with Gasteiger partial charge in [-0.1, -0.05) is 6.92 Å². The van der Waals surface area contributed by atoms with E-state index in [0.29, 0.717) is 12.0 Å². The van der Waals surface area contributed by atoms with Gasteiger partial charge in [0.25, 0.3) is 0 Å². The van der Waals surface area contributed by atoms with Gasteiger partial charge in [-0.25, -0.2) is 0 Å². The van der Waals surface area contributed by atoms with Crippen molar-refractivity contribution < 1.29 is 4.79 Å². The minimum atomic E-state index is 0.266. The molecule has 3 rings (SSSR count). The highest BCUT2D eigenvalue weighted by Crippen LogP contribution is 2.28. The van der Waals surface area contributed by atoms with E-state index in [-0.39, 0.29) is 11.8 Å². The van der Waals surface area contributed by atoms with Gasteiger partial charge in [-0.05, 0) is 44.7 Å². The predicted octanol–water partition coefficient (Wildman–Crippen LogP) is 0.585. The number of amides is 1. The molecule has 1 aliphatic carbocycles. The first-order chi connectivity index (χ1) is 8.74. The second-order valence-corrected chi connectivity index (χ2v) is 6.34. The average molecular weight is 251 g/mol. The number of rotatable bonds is 5. The van der Waals surface area contributed by atoms with Crippen LogP contribution in [0.1, 0.15) is 32.6 Å². The molecular weight excluding hydrogens is 226 g/mol. The van der Waals surface area contributed by atoms with Gasteiger partial charge in [-0.15, -0.1) is 0 Å². The fourth-order valence-electron chi connectivity index (χ4n) is 3.39. The highest BCUT2D eigenvalue weighted by molar-refractivity contribution is 5.82. The minimum Gasteiger partial charge on any atom is -0.354 e. The minimum absolute atomic E-state index is 0.266. The van der Waals surface area contributed by atoms with Crippen molar-refractivity contribution in [3.05, 3.63) is 0 Å². The lowest BCUT2D eigenvalue weighted by Gasteiger charge is -2.37. The van der Waals surface area contributed by atoms with Crippen molar-refractivity contribution in [1.82, 2.24) is 15.5 Å². The van der Waals surface area contributed by atoms with E-state index in [0.717, 1.165) is 32.1 Å². The molecule has 2 heterocycles. The van der Waals surface area contributed by atoms with Gasteiger partial charge in [0.05, 0.1) is 5.92 Å². The molecule has 0 radical (unpaired) electrons. The van der Waals surface area contributed by atoms with E-state index in [9.17, 15) is 4.79 Å². The van der Waals surface area contributed by atoms with Gasteiger partial charge in [-0.3, -0.25) is 9.69 Å². The first kappa shape index (κ1) is 12.4. The Balaban J connectivity index is 1.49. The lowest BCUT2D eigenvalue weighted by molar-refractivity contribution is -0.124. The summed E-state index contributed by atoms with van der Waals surface area (Å²) < 4.78 is 0. The molecule has 2 aliphatic heterocycles. The Morgan fingerprint density at radius 1 is 1.44 bits per heavy atom. The van der Waals surface area contributed by atoms with Crippen molar-refractivity contribution in [2.75, 3.05) is 26.2 Å². The van der Waals surface area contributed by atoms with E-state index < -0.39 is 0 Å². The Morgan fingerprint density at radius 3 is 3.06 bits per heavy atom. The fourth-order valence-corrected chi connectivity index (χ4v) is 3.39. The number of fused-ring (bicyclic) bond motifs is 1. The number of likely N-dealkylation sites (tertiary alicyclic amines) is 1. The summed E-state index contributed by atoms with van der Waals surface area (Å²) in [4.78, 5) is 14.3. The lowest BCUT2D eigenvalue weighted by Crippen LogP contribution is -2.48. The third kappa shape index (κ3) is 2.69. The van der Waals surface area contributed by atoms with Crippen LogP contribution in [0.25, 0.3) is 0 Å².